The first-order valence-electron chi connectivity index (χ1n) is 4.14. The van der Waals surface area contributed by atoms with Crippen molar-refractivity contribution in [1.29, 1.82) is 0 Å². The predicted octanol–water partition coefficient (Wildman–Crippen LogP) is 2.64. The largest absolute Gasteiger partial charge is 0.299 e. The van der Waals surface area contributed by atoms with Crippen molar-refractivity contribution in [2.75, 3.05) is 0 Å². The molecule has 2 nitrogen and oxygen atoms in total. The highest BCUT2D eigenvalue weighted by Gasteiger charge is 1.91. The van der Waals surface area contributed by atoms with Crippen LogP contribution in [0.2, 0.25) is 0 Å². The van der Waals surface area contributed by atoms with E-state index in [-0.39, 0.29) is 11.6 Å². The molecule has 0 aliphatic carbocycles. The number of carbonyl (C=O) groups excluding carboxylic acids is 2. The van der Waals surface area contributed by atoms with Gasteiger partial charge >= 0.3 is 0 Å². The van der Waals surface area contributed by atoms with E-state index >= 15 is 0 Å². The Hall–Kier alpha value is -1.70. The van der Waals surface area contributed by atoms with Gasteiger partial charge in [0.1, 0.15) is 5.78 Å². The lowest BCUT2D eigenvalue weighted by atomic mass is 10.2. The molecule has 0 aromatic carbocycles. The van der Waals surface area contributed by atoms with E-state index < -0.39 is 0 Å². The van der Waals surface area contributed by atoms with Crippen LogP contribution in [0.15, 0.2) is 50.6 Å². The molecule has 0 unspecified atom stereocenters. The molecule has 0 rings (SSSR count). The second-order valence-electron chi connectivity index (χ2n) is 2.33. The Morgan fingerprint density at radius 3 is 1.36 bits per heavy atom. The van der Waals surface area contributed by atoms with Crippen LogP contribution in [0.3, 0.4) is 0 Å². The lowest BCUT2D eigenvalue weighted by Gasteiger charge is -1.85. The van der Waals surface area contributed by atoms with Crippen molar-refractivity contribution in [2.45, 2.75) is 12.8 Å². The topological polar surface area (TPSA) is 34.1 Å². The van der Waals surface area contributed by atoms with Gasteiger partial charge in [-0.1, -0.05) is 25.3 Å². The minimum Gasteiger partial charge on any atom is -0.299 e. The second kappa shape index (κ2) is 11.3. The van der Waals surface area contributed by atoms with Crippen molar-refractivity contribution in [3.8, 4) is 0 Å². The van der Waals surface area contributed by atoms with Crippen molar-refractivity contribution in [2.24, 2.45) is 0 Å². The number of allylic oxidation sites excluding steroid dienone is 4. The summed E-state index contributed by atoms with van der Waals surface area (Å²) in [4.78, 5) is 20.4. The molecule has 0 aliphatic heterocycles. The van der Waals surface area contributed by atoms with Crippen LogP contribution in [-0.4, -0.2) is 11.6 Å². The molecular formula is C12H16O2. The Labute approximate surface area is 85.3 Å². The lowest BCUT2D eigenvalue weighted by molar-refractivity contribution is -0.117. The van der Waals surface area contributed by atoms with Gasteiger partial charge in [-0.3, -0.25) is 9.59 Å². The van der Waals surface area contributed by atoms with Gasteiger partial charge in [0.2, 0.25) is 0 Å². The van der Waals surface area contributed by atoms with Crippen LogP contribution in [0.5, 0.6) is 0 Å². The van der Waals surface area contributed by atoms with Gasteiger partial charge < -0.3 is 0 Å². The summed E-state index contributed by atoms with van der Waals surface area (Å²) >= 11 is 0. The van der Waals surface area contributed by atoms with Gasteiger partial charge in [0.05, 0.1) is 0 Å². The maximum absolute atomic E-state index is 10.5. The van der Waals surface area contributed by atoms with Crippen LogP contribution in [-0.2, 0) is 9.59 Å². The molecule has 0 fully saturated rings. The normalized spacial score (nSPS) is 7.43. The zero-order chi connectivity index (χ0) is 11.4. The molecule has 0 radical (unpaired) electrons. The van der Waals surface area contributed by atoms with E-state index in [9.17, 15) is 9.59 Å². The van der Waals surface area contributed by atoms with Crippen LogP contribution in [0.25, 0.3) is 0 Å². The Kier molecular flexibility index (Phi) is 11.9. The third kappa shape index (κ3) is 12.9. The van der Waals surface area contributed by atoms with Gasteiger partial charge in [-0.25, -0.2) is 0 Å². The summed E-state index contributed by atoms with van der Waals surface area (Å²) in [6.07, 6.45) is 6.57. The molecule has 0 amide bonds. The van der Waals surface area contributed by atoms with Crippen molar-refractivity contribution in [3.05, 3.63) is 50.6 Å². The first-order valence-corrected chi connectivity index (χ1v) is 4.14. The minimum atomic E-state index is -0.130. The fourth-order valence-electron chi connectivity index (χ4n) is 0.489. The smallest absolute Gasteiger partial charge is 0.177 e. The minimum absolute atomic E-state index is 0.130. The summed E-state index contributed by atoms with van der Waals surface area (Å²) in [5, 5.41) is 0. The van der Waals surface area contributed by atoms with Crippen molar-refractivity contribution in [1.82, 2.24) is 0 Å². The Morgan fingerprint density at radius 1 is 0.857 bits per heavy atom. The first-order chi connectivity index (χ1) is 6.62. The van der Waals surface area contributed by atoms with Crippen LogP contribution >= 0.6 is 0 Å². The standard InChI is InChI=1S/C7H10O.C5H6O/c1-3-5-7(8)6-4-2;1-3-5(6)4-2/h3-4H,1-2,5-6H2;3-4H,1-2H2. The van der Waals surface area contributed by atoms with E-state index in [4.69, 9.17) is 0 Å². The Bertz CT molecular complexity index is 215. The molecule has 2 heteroatoms. The van der Waals surface area contributed by atoms with E-state index in [2.05, 4.69) is 26.3 Å². The maximum atomic E-state index is 10.5. The fraction of sp³-hybridized carbons (Fsp3) is 0.167. The average molecular weight is 192 g/mol. The fourth-order valence-corrected chi connectivity index (χ4v) is 0.489. The summed E-state index contributed by atoms with van der Waals surface area (Å²) in [5.74, 6) is 0.0463. The summed E-state index contributed by atoms with van der Waals surface area (Å²) in [6, 6.07) is 0. The quantitative estimate of drug-likeness (QED) is 0.479. The number of rotatable bonds is 6. The van der Waals surface area contributed by atoms with Gasteiger partial charge in [0, 0.05) is 12.8 Å². The molecular weight excluding hydrogens is 176 g/mol. The maximum Gasteiger partial charge on any atom is 0.177 e. The molecule has 0 saturated carbocycles. The number of hydrogen-bond donors (Lipinski definition) is 0. The SMILES string of the molecule is C=CC(=O)C=C.C=CCC(=O)CC=C. The molecule has 0 aromatic rings. The van der Waals surface area contributed by atoms with E-state index in [0.717, 1.165) is 0 Å². The number of ketones is 2. The number of hydrogen-bond acceptors (Lipinski definition) is 2. The third-order valence-electron chi connectivity index (χ3n) is 1.15. The highest BCUT2D eigenvalue weighted by atomic mass is 16.1. The predicted molar refractivity (Wildman–Crippen MR) is 60.0 cm³/mol. The molecule has 0 saturated heterocycles. The van der Waals surface area contributed by atoms with Crippen LogP contribution in [0, 0.1) is 0 Å². The zero-order valence-corrected chi connectivity index (χ0v) is 8.37. The van der Waals surface area contributed by atoms with Gasteiger partial charge in [0.25, 0.3) is 0 Å². The molecule has 0 atom stereocenters. The van der Waals surface area contributed by atoms with Crippen molar-refractivity contribution < 1.29 is 9.59 Å². The summed E-state index contributed by atoms with van der Waals surface area (Å²) in [7, 11) is 0. The lowest BCUT2D eigenvalue weighted by Crippen LogP contribution is -1.90. The second-order valence-corrected chi connectivity index (χ2v) is 2.33. The molecule has 0 heterocycles. The van der Waals surface area contributed by atoms with E-state index in [1.54, 1.807) is 12.2 Å². The highest BCUT2D eigenvalue weighted by Crippen LogP contribution is 1.89. The number of Topliss-reactive ketones (excluding diaryl/α,β-unsaturated/α-hetero) is 1. The molecule has 0 bridgehead atoms. The summed E-state index contributed by atoms with van der Waals surface area (Å²) in [6.45, 7) is 13.3. The molecule has 0 N–H and O–H groups in total. The van der Waals surface area contributed by atoms with Gasteiger partial charge in [-0.05, 0) is 12.2 Å². The van der Waals surface area contributed by atoms with Crippen LogP contribution < -0.4 is 0 Å². The summed E-state index contributed by atoms with van der Waals surface area (Å²) in [5.41, 5.74) is 0. The third-order valence-corrected chi connectivity index (χ3v) is 1.15. The Balaban J connectivity index is 0. The monoisotopic (exact) mass is 192 g/mol. The molecule has 14 heavy (non-hydrogen) atoms. The number of carbonyl (C=O) groups is 2. The molecule has 0 aliphatic rings. The molecule has 0 spiro atoms. The van der Waals surface area contributed by atoms with E-state index in [1.807, 2.05) is 0 Å². The van der Waals surface area contributed by atoms with Crippen LogP contribution in [0.4, 0.5) is 0 Å². The van der Waals surface area contributed by atoms with Gasteiger partial charge in [-0.15, -0.1) is 13.2 Å². The van der Waals surface area contributed by atoms with Crippen LogP contribution in [0.1, 0.15) is 12.8 Å². The highest BCUT2D eigenvalue weighted by molar-refractivity contribution is 5.98. The first kappa shape index (κ1) is 14.8. The van der Waals surface area contributed by atoms with E-state index in [0.29, 0.717) is 12.8 Å². The van der Waals surface area contributed by atoms with Gasteiger partial charge in [-0.2, -0.15) is 0 Å². The zero-order valence-electron chi connectivity index (χ0n) is 8.37. The van der Waals surface area contributed by atoms with E-state index in [1.165, 1.54) is 12.2 Å². The van der Waals surface area contributed by atoms with Gasteiger partial charge in [0.15, 0.2) is 5.78 Å². The summed E-state index contributed by atoms with van der Waals surface area (Å²) < 4.78 is 0. The molecule has 0 aromatic heterocycles. The Morgan fingerprint density at radius 2 is 1.21 bits per heavy atom. The van der Waals surface area contributed by atoms with Crippen molar-refractivity contribution in [3.63, 3.8) is 0 Å². The molecule has 76 valence electrons. The average Bonchev–Trinajstić information content (AvgIpc) is 2.18. The van der Waals surface area contributed by atoms with Crippen molar-refractivity contribution >= 4 is 11.6 Å².